The molecule has 0 spiro atoms. The Kier molecular flexibility index (Phi) is 9.74. The van der Waals surface area contributed by atoms with Crippen molar-refractivity contribution in [1.82, 2.24) is 0 Å². The highest BCUT2D eigenvalue weighted by Gasteiger charge is 2.31. The van der Waals surface area contributed by atoms with Crippen LogP contribution in [0.15, 0.2) is 48.5 Å². The minimum Gasteiger partial charge on any atom is -0.493 e. The number of carbonyl (C=O) groups excluding carboxylic acids is 2. The number of carbonyl (C=O) groups is 2. The number of nitrogens with one attached hydrogen (secondary N) is 1. The summed E-state index contributed by atoms with van der Waals surface area (Å²) in [5.74, 6) is -1.04. The Morgan fingerprint density at radius 3 is 2.48 bits per heavy atom. The SMILES string of the molecule is CCOc1ccccc1/C=C/C(=O)OCC(=O)Nc1cc(C(F)(F)F)ccc1OCCOC. The molecule has 178 valence electrons. The second kappa shape index (κ2) is 12.5. The lowest BCUT2D eigenvalue weighted by Gasteiger charge is -2.15. The number of alkyl halides is 3. The quantitative estimate of drug-likeness (QED) is 0.301. The van der Waals surface area contributed by atoms with Crippen LogP contribution in [0, 0.1) is 0 Å². The molecule has 0 unspecified atom stereocenters. The van der Waals surface area contributed by atoms with Gasteiger partial charge in [-0.1, -0.05) is 18.2 Å². The monoisotopic (exact) mass is 467 g/mol. The van der Waals surface area contributed by atoms with E-state index >= 15 is 0 Å². The summed E-state index contributed by atoms with van der Waals surface area (Å²) < 4.78 is 59.6. The number of hydrogen-bond acceptors (Lipinski definition) is 6. The zero-order valence-electron chi connectivity index (χ0n) is 18.1. The molecule has 0 atom stereocenters. The van der Waals surface area contributed by atoms with Crippen molar-refractivity contribution in [2.24, 2.45) is 0 Å². The van der Waals surface area contributed by atoms with Gasteiger partial charge >= 0.3 is 12.1 Å². The van der Waals surface area contributed by atoms with Crippen LogP contribution in [0.4, 0.5) is 18.9 Å². The van der Waals surface area contributed by atoms with E-state index in [9.17, 15) is 22.8 Å². The van der Waals surface area contributed by atoms with Crippen molar-refractivity contribution in [3.63, 3.8) is 0 Å². The summed E-state index contributed by atoms with van der Waals surface area (Å²) in [6, 6.07) is 9.70. The fourth-order valence-corrected chi connectivity index (χ4v) is 2.60. The highest BCUT2D eigenvalue weighted by atomic mass is 19.4. The molecule has 0 aromatic heterocycles. The highest BCUT2D eigenvalue weighted by molar-refractivity contribution is 5.95. The second-order valence-corrected chi connectivity index (χ2v) is 6.51. The minimum atomic E-state index is -4.61. The van der Waals surface area contributed by atoms with Gasteiger partial charge < -0.3 is 24.3 Å². The van der Waals surface area contributed by atoms with Crippen LogP contribution in [0.3, 0.4) is 0 Å². The average Bonchev–Trinajstić information content (AvgIpc) is 2.77. The topological polar surface area (TPSA) is 83.1 Å². The van der Waals surface area contributed by atoms with Crippen molar-refractivity contribution in [2.75, 3.05) is 38.9 Å². The van der Waals surface area contributed by atoms with Crippen molar-refractivity contribution >= 4 is 23.6 Å². The Labute approximate surface area is 189 Å². The molecule has 0 aliphatic carbocycles. The zero-order valence-corrected chi connectivity index (χ0v) is 18.1. The van der Waals surface area contributed by atoms with Gasteiger partial charge in [0.1, 0.15) is 18.1 Å². The largest absolute Gasteiger partial charge is 0.493 e. The van der Waals surface area contributed by atoms with E-state index in [-0.39, 0.29) is 24.7 Å². The van der Waals surface area contributed by atoms with Crippen molar-refractivity contribution < 1.29 is 41.7 Å². The van der Waals surface area contributed by atoms with Crippen LogP contribution in [0.2, 0.25) is 0 Å². The molecule has 0 saturated heterocycles. The number of ether oxygens (including phenoxy) is 4. The number of rotatable bonds is 11. The van der Waals surface area contributed by atoms with Gasteiger partial charge in [0.15, 0.2) is 6.61 Å². The number of para-hydroxylation sites is 1. The molecule has 0 radical (unpaired) electrons. The third-order valence-electron chi connectivity index (χ3n) is 4.09. The molecule has 0 heterocycles. The summed E-state index contributed by atoms with van der Waals surface area (Å²) in [4.78, 5) is 24.1. The molecular weight excluding hydrogens is 443 g/mol. The van der Waals surface area contributed by atoms with Gasteiger partial charge in [0, 0.05) is 18.7 Å². The smallest absolute Gasteiger partial charge is 0.416 e. The molecule has 33 heavy (non-hydrogen) atoms. The first-order valence-corrected chi connectivity index (χ1v) is 9.94. The maximum absolute atomic E-state index is 13.0. The van der Waals surface area contributed by atoms with Crippen molar-refractivity contribution in [2.45, 2.75) is 13.1 Å². The Bertz CT molecular complexity index is 975. The van der Waals surface area contributed by atoms with E-state index in [4.69, 9.17) is 18.9 Å². The van der Waals surface area contributed by atoms with E-state index in [1.54, 1.807) is 24.3 Å². The van der Waals surface area contributed by atoms with E-state index in [1.165, 1.54) is 13.2 Å². The lowest BCUT2D eigenvalue weighted by atomic mass is 10.1. The molecule has 0 aliphatic rings. The van der Waals surface area contributed by atoms with Crippen molar-refractivity contribution in [3.05, 3.63) is 59.7 Å². The molecule has 1 amide bonds. The van der Waals surface area contributed by atoms with Gasteiger partial charge in [0.25, 0.3) is 5.91 Å². The van der Waals surface area contributed by atoms with Crippen LogP contribution in [0.1, 0.15) is 18.1 Å². The van der Waals surface area contributed by atoms with Crippen LogP contribution in [0.5, 0.6) is 11.5 Å². The van der Waals surface area contributed by atoms with Gasteiger partial charge in [-0.2, -0.15) is 13.2 Å². The first kappa shape index (κ1) is 25.7. The number of benzene rings is 2. The van der Waals surface area contributed by atoms with Crippen molar-refractivity contribution in [3.8, 4) is 11.5 Å². The normalized spacial score (nSPS) is 11.3. The molecule has 2 aromatic carbocycles. The first-order chi connectivity index (χ1) is 15.7. The Morgan fingerprint density at radius 1 is 1.03 bits per heavy atom. The number of halogens is 3. The number of hydrogen-bond donors (Lipinski definition) is 1. The zero-order chi connectivity index (χ0) is 24.3. The summed E-state index contributed by atoms with van der Waals surface area (Å²) >= 11 is 0. The predicted octanol–water partition coefficient (Wildman–Crippen LogP) is 4.32. The Morgan fingerprint density at radius 2 is 1.79 bits per heavy atom. The van der Waals surface area contributed by atoms with E-state index in [2.05, 4.69) is 5.32 Å². The average molecular weight is 467 g/mol. The molecule has 0 bridgehead atoms. The molecule has 2 rings (SSSR count). The summed E-state index contributed by atoms with van der Waals surface area (Å²) in [5.41, 5.74) is -0.532. The molecule has 0 fully saturated rings. The van der Waals surface area contributed by atoms with Gasteiger partial charge in [-0.15, -0.1) is 0 Å². The number of esters is 1. The molecular formula is C23H24F3NO6. The van der Waals surface area contributed by atoms with E-state index in [0.717, 1.165) is 24.3 Å². The minimum absolute atomic E-state index is 0.0205. The van der Waals surface area contributed by atoms with E-state index in [1.807, 2.05) is 6.92 Å². The predicted molar refractivity (Wildman–Crippen MR) is 115 cm³/mol. The van der Waals surface area contributed by atoms with E-state index < -0.39 is 30.2 Å². The van der Waals surface area contributed by atoms with Gasteiger partial charge in [-0.3, -0.25) is 4.79 Å². The van der Waals surface area contributed by atoms with Crippen LogP contribution in [-0.2, 0) is 25.2 Å². The summed E-state index contributed by atoms with van der Waals surface area (Å²) in [6.45, 7) is 1.83. The van der Waals surface area contributed by atoms with Gasteiger partial charge in [-0.05, 0) is 37.3 Å². The Balaban J connectivity index is 2.01. The van der Waals surface area contributed by atoms with Crippen molar-refractivity contribution in [1.29, 1.82) is 0 Å². The molecule has 0 saturated carbocycles. The maximum Gasteiger partial charge on any atom is 0.416 e. The first-order valence-electron chi connectivity index (χ1n) is 9.94. The second-order valence-electron chi connectivity index (χ2n) is 6.51. The lowest BCUT2D eigenvalue weighted by molar-refractivity contribution is -0.142. The summed E-state index contributed by atoms with van der Waals surface area (Å²) in [7, 11) is 1.44. The maximum atomic E-state index is 13.0. The number of methoxy groups -OCH3 is 1. The van der Waals surface area contributed by atoms with Gasteiger partial charge in [-0.25, -0.2) is 4.79 Å². The van der Waals surface area contributed by atoms with E-state index in [0.29, 0.717) is 17.9 Å². The fourth-order valence-electron chi connectivity index (χ4n) is 2.60. The van der Waals surface area contributed by atoms with Crippen LogP contribution in [-0.4, -0.2) is 45.4 Å². The molecule has 2 aromatic rings. The van der Waals surface area contributed by atoms with Crippen LogP contribution < -0.4 is 14.8 Å². The third-order valence-corrected chi connectivity index (χ3v) is 4.09. The lowest BCUT2D eigenvalue weighted by Crippen LogP contribution is -2.21. The molecule has 10 heteroatoms. The molecule has 1 N–H and O–H groups in total. The summed E-state index contributed by atoms with van der Waals surface area (Å²) in [5, 5.41) is 2.28. The number of amides is 1. The summed E-state index contributed by atoms with van der Waals surface area (Å²) in [6.07, 6.45) is -2.02. The van der Waals surface area contributed by atoms with Crippen LogP contribution >= 0.6 is 0 Å². The van der Waals surface area contributed by atoms with Gasteiger partial charge in [0.2, 0.25) is 0 Å². The fraction of sp³-hybridized carbons (Fsp3) is 0.304. The Hall–Kier alpha value is -3.53. The van der Waals surface area contributed by atoms with Gasteiger partial charge in [0.05, 0.1) is 24.5 Å². The highest BCUT2D eigenvalue weighted by Crippen LogP contribution is 2.35. The molecule has 0 aliphatic heterocycles. The number of anilines is 1. The standard InChI is InChI=1S/C23H24F3NO6/c1-3-31-19-7-5-4-6-16(19)8-11-22(29)33-15-21(28)27-18-14-17(23(24,25)26)9-10-20(18)32-13-12-30-2/h4-11,14H,3,12-13,15H2,1-2H3,(H,27,28)/b11-8+. The molecule has 7 nitrogen and oxygen atoms in total. The third kappa shape index (κ3) is 8.49. The van der Waals surface area contributed by atoms with Crippen LogP contribution in [0.25, 0.3) is 6.08 Å².